The van der Waals surface area contributed by atoms with Crippen molar-refractivity contribution in [3.05, 3.63) is 29.8 Å². The van der Waals surface area contributed by atoms with Crippen molar-refractivity contribution >= 4 is 6.03 Å². The second-order valence-corrected chi connectivity index (χ2v) is 5.72. The largest absolute Gasteiger partial charge is 0.497 e. The molecule has 116 valence electrons. The van der Waals surface area contributed by atoms with E-state index in [9.17, 15) is 9.90 Å². The molecule has 0 aliphatic heterocycles. The lowest BCUT2D eigenvalue weighted by Crippen LogP contribution is -2.40. The van der Waals surface area contributed by atoms with Crippen LogP contribution in [0.4, 0.5) is 4.79 Å². The van der Waals surface area contributed by atoms with Gasteiger partial charge >= 0.3 is 6.03 Å². The first-order chi connectivity index (χ1) is 10.2. The van der Waals surface area contributed by atoms with Crippen molar-refractivity contribution in [1.29, 1.82) is 0 Å². The van der Waals surface area contributed by atoms with Gasteiger partial charge in [-0.15, -0.1) is 0 Å². The summed E-state index contributed by atoms with van der Waals surface area (Å²) in [6, 6.07) is 7.81. The quantitative estimate of drug-likeness (QED) is 0.639. The maximum atomic E-state index is 11.6. The average molecular weight is 292 g/mol. The third-order valence-electron chi connectivity index (χ3n) is 3.98. The van der Waals surface area contributed by atoms with E-state index in [1.165, 1.54) is 5.56 Å². The van der Waals surface area contributed by atoms with E-state index >= 15 is 0 Å². The number of aliphatic hydroxyl groups is 1. The minimum Gasteiger partial charge on any atom is -0.497 e. The molecule has 2 amide bonds. The number of ether oxygens (including phenoxy) is 1. The van der Waals surface area contributed by atoms with Crippen LogP contribution in [0.5, 0.6) is 5.75 Å². The lowest BCUT2D eigenvalue weighted by atomic mass is 10.1. The maximum absolute atomic E-state index is 11.6. The predicted octanol–water partition coefficient (Wildman–Crippen LogP) is 1.70. The maximum Gasteiger partial charge on any atom is 0.314 e. The summed E-state index contributed by atoms with van der Waals surface area (Å²) in [6.07, 6.45) is 3.78. The Balaban J connectivity index is 1.59. The van der Waals surface area contributed by atoms with Gasteiger partial charge in [0.05, 0.1) is 13.7 Å². The van der Waals surface area contributed by atoms with Crippen molar-refractivity contribution < 1.29 is 14.6 Å². The van der Waals surface area contributed by atoms with Gasteiger partial charge in [0.2, 0.25) is 0 Å². The Labute approximate surface area is 125 Å². The minimum absolute atomic E-state index is 0.0437. The van der Waals surface area contributed by atoms with Crippen molar-refractivity contribution in [2.75, 3.05) is 26.8 Å². The van der Waals surface area contributed by atoms with Gasteiger partial charge in [0.25, 0.3) is 0 Å². The fourth-order valence-corrected chi connectivity index (χ4v) is 2.22. The molecule has 1 aromatic rings. The van der Waals surface area contributed by atoms with E-state index in [0.717, 1.165) is 31.4 Å². The zero-order valence-corrected chi connectivity index (χ0v) is 12.5. The van der Waals surface area contributed by atoms with E-state index in [1.807, 2.05) is 18.2 Å². The first-order valence-corrected chi connectivity index (χ1v) is 7.43. The van der Waals surface area contributed by atoms with Crippen LogP contribution in [-0.4, -0.2) is 37.9 Å². The molecule has 0 aromatic heterocycles. The SMILES string of the molecule is COc1cccc(CCCNC(=O)NCC2(CO)CC2)c1. The van der Waals surface area contributed by atoms with E-state index in [1.54, 1.807) is 7.11 Å². The Hall–Kier alpha value is -1.75. The standard InChI is InChI=1S/C16H24N2O3/c1-21-14-6-2-4-13(10-14)5-3-9-17-15(20)18-11-16(12-19)7-8-16/h2,4,6,10,19H,3,5,7-9,11-12H2,1H3,(H2,17,18,20). The first-order valence-electron chi connectivity index (χ1n) is 7.43. The number of rotatable bonds is 8. The molecule has 5 heteroatoms. The van der Waals surface area contributed by atoms with Gasteiger partial charge in [-0.3, -0.25) is 0 Å². The van der Waals surface area contributed by atoms with Crippen molar-refractivity contribution in [2.24, 2.45) is 5.41 Å². The fourth-order valence-electron chi connectivity index (χ4n) is 2.22. The van der Waals surface area contributed by atoms with Crippen molar-refractivity contribution in [2.45, 2.75) is 25.7 Å². The second kappa shape index (κ2) is 7.31. The number of aryl methyl sites for hydroxylation is 1. The lowest BCUT2D eigenvalue weighted by molar-refractivity contribution is 0.203. The van der Waals surface area contributed by atoms with Crippen molar-refractivity contribution in [3.63, 3.8) is 0 Å². The van der Waals surface area contributed by atoms with E-state index in [2.05, 4.69) is 16.7 Å². The van der Waals surface area contributed by atoms with Crippen LogP contribution in [0.3, 0.4) is 0 Å². The highest BCUT2D eigenvalue weighted by Crippen LogP contribution is 2.44. The van der Waals surface area contributed by atoms with Gasteiger partial charge < -0.3 is 20.5 Å². The molecule has 0 atom stereocenters. The highest BCUT2D eigenvalue weighted by atomic mass is 16.5. The van der Waals surface area contributed by atoms with Crippen molar-refractivity contribution in [3.8, 4) is 5.75 Å². The molecule has 2 rings (SSSR count). The molecule has 1 fully saturated rings. The number of benzene rings is 1. The molecule has 0 spiro atoms. The molecule has 1 aliphatic rings. The smallest absolute Gasteiger partial charge is 0.314 e. The summed E-state index contributed by atoms with van der Waals surface area (Å²) in [5.41, 5.74) is 1.16. The van der Waals surface area contributed by atoms with Gasteiger partial charge in [0.1, 0.15) is 5.75 Å². The number of nitrogens with one attached hydrogen (secondary N) is 2. The summed E-state index contributed by atoms with van der Waals surface area (Å²) in [4.78, 5) is 11.6. The van der Waals surface area contributed by atoms with Crippen LogP contribution in [0.25, 0.3) is 0 Å². The van der Waals surface area contributed by atoms with E-state index in [0.29, 0.717) is 13.1 Å². The van der Waals surface area contributed by atoms with Gasteiger partial charge in [0, 0.05) is 18.5 Å². The van der Waals surface area contributed by atoms with E-state index < -0.39 is 0 Å². The molecular formula is C16H24N2O3. The zero-order valence-electron chi connectivity index (χ0n) is 12.5. The molecule has 1 aliphatic carbocycles. The molecule has 0 heterocycles. The molecule has 5 nitrogen and oxygen atoms in total. The Morgan fingerprint density at radius 1 is 1.38 bits per heavy atom. The van der Waals surface area contributed by atoms with Gasteiger partial charge in [-0.05, 0) is 43.4 Å². The van der Waals surface area contributed by atoms with Gasteiger partial charge in [-0.2, -0.15) is 0 Å². The molecule has 0 bridgehead atoms. The second-order valence-electron chi connectivity index (χ2n) is 5.72. The zero-order chi connectivity index (χ0) is 15.1. The summed E-state index contributed by atoms with van der Waals surface area (Å²) < 4.78 is 5.18. The van der Waals surface area contributed by atoms with Crippen molar-refractivity contribution in [1.82, 2.24) is 10.6 Å². The molecule has 0 unspecified atom stereocenters. The summed E-state index contributed by atoms with van der Waals surface area (Å²) in [5, 5.41) is 14.8. The monoisotopic (exact) mass is 292 g/mol. The first kappa shape index (κ1) is 15.6. The number of aliphatic hydroxyl groups excluding tert-OH is 1. The average Bonchev–Trinajstić information content (AvgIpc) is 3.30. The van der Waals surface area contributed by atoms with E-state index in [4.69, 9.17) is 4.74 Å². The normalized spacial score (nSPS) is 15.3. The molecule has 1 aromatic carbocycles. The highest BCUT2D eigenvalue weighted by molar-refractivity contribution is 5.73. The summed E-state index contributed by atoms with van der Waals surface area (Å²) in [5.74, 6) is 0.858. The van der Waals surface area contributed by atoms with Gasteiger partial charge in [-0.1, -0.05) is 12.1 Å². The summed E-state index contributed by atoms with van der Waals surface area (Å²) in [7, 11) is 1.66. The number of hydrogen-bond acceptors (Lipinski definition) is 3. The number of methoxy groups -OCH3 is 1. The molecule has 1 saturated carbocycles. The molecule has 0 saturated heterocycles. The number of carbonyl (C=O) groups is 1. The van der Waals surface area contributed by atoms with Crippen LogP contribution in [0.2, 0.25) is 0 Å². The minimum atomic E-state index is -0.152. The fraction of sp³-hybridized carbons (Fsp3) is 0.562. The predicted molar refractivity (Wildman–Crippen MR) is 81.5 cm³/mol. The lowest BCUT2D eigenvalue weighted by Gasteiger charge is -2.13. The summed E-state index contributed by atoms with van der Waals surface area (Å²) in [6.45, 7) is 1.35. The Morgan fingerprint density at radius 2 is 2.19 bits per heavy atom. The highest BCUT2D eigenvalue weighted by Gasteiger charge is 2.41. The van der Waals surface area contributed by atoms with Crippen LogP contribution >= 0.6 is 0 Å². The Bertz CT molecular complexity index is 472. The van der Waals surface area contributed by atoms with Crippen LogP contribution in [0.15, 0.2) is 24.3 Å². The van der Waals surface area contributed by atoms with Crippen LogP contribution in [-0.2, 0) is 6.42 Å². The Kier molecular flexibility index (Phi) is 5.44. The van der Waals surface area contributed by atoms with Gasteiger partial charge in [-0.25, -0.2) is 4.79 Å². The van der Waals surface area contributed by atoms with Gasteiger partial charge in [0.15, 0.2) is 0 Å². The van der Waals surface area contributed by atoms with Crippen LogP contribution in [0.1, 0.15) is 24.8 Å². The number of urea groups is 1. The van der Waals surface area contributed by atoms with Crippen LogP contribution < -0.4 is 15.4 Å². The van der Waals surface area contributed by atoms with Crippen LogP contribution in [0, 0.1) is 5.41 Å². The number of carbonyl (C=O) groups excluding carboxylic acids is 1. The summed E-state index contributed by atoms with van der Waals surface area (Å²) >= 11 is 0. The molecule has 3 N–H and O–H groups in total. The number of hydrogen-bond donors (Lipinski definition) is 3. The van der Waals surface area contributed by atoms with E-state index in [-0.39, 0.29) is 18.1 Å². The topological polar surface area (TPSA) is 70.6 Å². The third kappa shape index (κ3) is 4.93. The Morgan fingerprint density at radius 3 is 2.86 bits per heavy atom. The molecular weight excluding hydrogens is 268 g/mol. The third-order valence-corrected chi connectivity index (χ3v) is 3.98. The molecule has 21 heavy (non-hydrogen) atoms. The molecule has 0 radical (unpaired) electrons. The number of amides is 2.